The van der Waals surface area contributed by atoms with Crippen molar-refractivity contribution in [3.63, 3.8) is 0 Å². The average Bonchev–Trinajstić information content (AvgIpc) is 3.03. The van der Waals surface area contributed by atoms with Crippen LogP contribution < -0.4 is 20.3 Å². The third-order valence-corrected chi connectivity index (χ3v) is 5.18. The van der Waals surface area contributed by atoms with Crippen LogP contribution in [-0.4, -0.2) is 24.8 Å². The summed E-state index contributed by atoms with van der Waals surface area (Å²) in [5.74, 6) is -0.452. The number of rotatable bonds is 6. The largest absolute Gasteiger partial charge is 0.497 e. The molecule has 0 saturated heterocycles. The summed E-state index contributed by atoms with van der Waals surface area (Å²) in [6.45, 7) is 3.32. The Morgan fingerprint density at radius 1 is 0.879 bits per heavy atom. The van der Waals surface area contributed by atoms with E-state index in [1.165, 1.54) is 11.8 Å². The second kappa shape index (κ2) is 9.00. The zero-order valence-electron chi connectivity index (χ0n) is 18.5. The summed E-state index contributed by atoms with van der Waals surface area (Å²) < 4.78 is 5.27. The highest BCUT2D eigenvalue weighted by Crippen LogP contribution is 2.34. The van der Waals surface area contributed by atoms with Crippen molar-refractivity contribution in [2.45, 2.75) is 13.8 Å². The number of ether oxygens (including phenoxy) is 1. The zero-order valence-corrected chi connectivity index (χ0v) is 18.5. The fraction of sp³-hybridized carbons (Fsp3) is 0.115. The smallest absolute Gasteiger partial charge is 0.282 e. The topological polar surface area (TPSA) is 87.7 Å². The van der Waals surface area contributed by atoms with E-state index in [4.69, 9.17) is 4.74 Å². The molecule has 0 fully saturated rings. The average molecular weight is 441 g/mol. The summed E-state index contributed by atoms with van der Waals surface area (Å²) in [7, 11) is 1.56. The molecule has 3 amide bonds. The van der Waals surface area contributed by atoms with Gasteiger partial charge in [0.2, 0.25) is 5.91 Å². The Labute approximate surface area is 191 Å². The normalized spacial score (nSPS) is 13.4. The van der Waals surface area contributed by atoms with Gasteiger partial charge >= 0.3 is 0 Å². The highest BCUT2D eigenvalue weighted by Gasteiger charge is 2.40. The lowest BCUT2D eigenvalue weighted by Gasteiger charge is -2.16. The number of amides is 3. The van der Waals surface area contributed by atoms with Gasteiger partial charge in [-0.3, -0.25) is 14.4 Å². The summed E-state index contributed by atoms with van der Waals surface area (Å²) in [6, 6.07) is 21.2. The van der Waals surface area contributed by atoms with Crippen molar-refractivity contribution in [2.75, 3.05) is 22.6 Å². The molecule has 1 heterocycles. The maximum absolute atomic E-state index is 13.5. The Hall–Kier alpha value is -4.39. The van der Waals surface area contributed by atoms with E-state index in [0.29, 0.717) is 28.4 Å². The first-order valence-electron chi connectivity index (χ1n) is 10.4. The first-order chi connectivity index (χ1) is 15.9. The van der Waals surface area contributed by atoms with Gasteiger partial charge in [-0.25, -0.2) is 4.90 Å². The van der Waals surface area contributed by atoms with Gasteiger partial charge in [0, 0.05) is 24.4 Å². The van der Waals surface area contributed by atoms with E-state index >= 15 is 0 Å². The second-order valence-corrected chi connectivity index (χ2v) is 7.65. The highest BCUT2D eigenvalue weighted by atomic mass is 16.5. The van der Waals surface area contributed by atoms with Crippen LogP contribution in [0.3, 0.4) is 0 Å². The molecule has 0 unspecified atom stereocenters. The number of benzene rings is 3. The SMILES string of the molecule is COc1cccc(NC2=C(c3ccc(NC(C)=O)cc3)C(=O)N(c3cccc(C)c3)C2=O)c1. The van der Waals surface area contributed by atoms with E-state index < -0.39 is 11.8 Å². The van der Waals surface area contributed by atoms with Crippen LogP contribution in [-0.2, 0) is 14.4 Å². The van der Waals surface area contributed by atoms with Crippen molar-refractivity contribution in [3.8, 4) is 5.75 Å². The second-order valence-electron chi connectivity index (χ2n) is 7.65. The van der Waals surface area contributed by atoms with Gasteiger partial charge in [-0.2, -0.15) is 0 Å². The third kappa shape index (κ3) is 4.48. The Kier molecular flexibility index (Phi) is 5.95. The molecule has 0 bridgehead atoms. The number of nitrogens with one attached hydrogen (secondary N) is 2. The molecule has 0 saturated carbocycles. The molecular weight excluding hydrogens is 418 g/mol. The van der Waals surface area contributed by atoms with E-state index in [2.05, 4.69) is 10.6 Å². The Morgan fingerprint density at radius 3 is 2.27 bits per heavy atom. The van der Waals surface area contributed by atoms with Crippen LogP contribution in [0.25, 0.3) is 5.57 Å². The Bertz CT molecular complexity index is 1280. The number of nitrogens with zero attached hydrogens (tertiary/aromatic N) is 1. The van der Waals surface area contributed by atoms with Crippen molar-refractivity contribution in [1.82, 2.24) is 0 Å². The minimum Gasteiger partial charge on any atom is -0.497 e. The number of aryl methyl sites for hydroxylation is 1. The number of methoxy groups -OCH3 is 1. The molecule has 33 heavy (non-hydrogen) atoms. The van der Waals surface area contributed by atoms with Crippen molar-refractivity contribution in [2.24, 2.45) is 0 Å². The molecule has 1 aliphatic heterocycles. The van der Waals surface area contributed by atoms with E-state index in [0.717, 1.165) is 5.56 Å². The van der Waals surface area contributed by atoms with Gasteiger partial charge in [-0.1, -0.05) is 30.3 Å². The number of anilines is 3. The molecule has 166 valence electrons. The third-order valence-electron chi connectivity index (χ3n) is 5.18. The van der Waals surface area contributed by atoms with Crippen LogP contribution in [0.2, 0.25) is 0 Å². The van der Waals surface area contributed by atoms with Gasteiger partial charge in [-0.15, -0.1) is 0 Å². The molecule has 4 rings (SSSR count). The Morgan fingerprint density at radius 2 is 1.61 bits per heavy atom. The molecule has 7 heteroatoms. The quantitative estimate of drug-likeness (QED) is 0.555. The molecule has 0 spiro atoms. The minimum atomic E-state index is -0.450. The van der Waals surface area contributed by atoms with Crippen LogP contribution in [0, 0.1) is 6.92 Å². The van der Waals surface area contributed by atoms with Crippen LogP contribution in [0.4, 0.5) is 17.1 Å². The number of imide groups is 1. The molecule has 0 aliphatic carbocycles. The lowest BCUT2D eigenvalue weighted by Crippen LogP contribution is -2.32. The van der Waals surface area contributed by atoms with E-state index in [1.807, 2.05) is 13.0 Å². The number of carbonyl (C=O) groups is 3. The minimum absolute atomic E-state index is 0.169. The maximum atomic E-state index is 13.5. The molecule has 1 aliphatic rings. The molecule has 0 aromatic heterocycles. The van der Waals surface area contributed by atoms with Gasteiger partial charge in [0.25, 0.3) is 11.8 Å². The van der Waals surface area contributed by atoms with Gasteiger partial charge in [0.15, 0.2) is 0 Å². The standard InChI is InChI=1S/C26H23N3O4/c1-16-6-4-8-21(14-16)29-25(31)23(18-10-12-19(13-11-18)27-17(2)30)24(26(29)32)28-20-7-5-9-22(15-20)33-3/h4-15,28H,1-3H3,(H,27,30). The first kappa shape index (κ1) is 21.8. The van der Waals surface area contributed by atoms with Gasteiger partial charge in [0.1, 0.15) is 11.4 Å². The van der Waals surface area contributed by atoms with Crippen molar-refractivity contribution in [1.29, 1.82) is 0 Å². The van der Waals surface area contributed by atoms with Crippen LogP contribution in [0.15, 0.2) is 78.5 Å². The number of carbonyl (C=O) groups excluding carboxylic acids is 3. The fourth-order valence-corrected chi connectivity index (χ4v) is 3.68. The summed E-state index contributed by atoms with van der Waals surface area (Å²) in [4.78, 5) is 39.5. The summed E-state index contributed by atoms with van der Waals surface area (Å²) >= 11 is 0. The zero-order chi connectivity index (χ0) is 23.5. The van der Waals surface area contributed by atoms with Crippen molar-refractivity contribution >= 4 is 40.4 Å². The first-order valence-corrected chi connectivity index (χ1v) is 10.4. The predicted octanol–water partition coefficient (Wildman–Crippen LogP) is 4.36. The van der Waals surface area contributed by atoms with Crippen molar-refractivity contribution < 1.29 is 19.1 Å². The van der Waals surface area contributed by atoms with E-state index in [1.54, 1.807) is 73.8 Å². The van der Waals surface area contributed by atoms with E-state index in [-0.39, 0.29) is 17.2 Å². The van der Waals surface area contributed by atoms with Gasteiger partial charge in [-0.05, 0) is 54.4 Å². The molecular formula is C26H23N3O4. The highest BCUT2D eigenvalue weighted by molar-refractivity contribution is 6.46. The van der Waals surface area contributed by atoms with Crippen LogP contribution in [0.5, 0.6) is 5.75 Å². The molecule has 3 aromatic carbocycles. The number of hydrogen-bond donors (Lipinski definition) is 2. The van der Waals surface area contributed by atoms with Gasteiger partial charge in [0.05, 0.1) is 18.4 Å². The number of hydrogen-bond acceptors (Lipinski definition) is 5. The van der Waals surface area contributed by atoms with Crippen molar-refractivity contribution in [3.05, 3.63) is 89.6 Å². The summed E-state index contributed by atoms with van der Waals surface area (Å²) in [5, 5.41) is 5.82. The van der Waals surface area contributed by atoms with Gasteiger partial charge < -0.3 is 15.4 Å². The Balaban J connectivity index is 1.79. The summed E-state index contributed by atoms with van der Waals surface area (Å²) in [6.07, 6.45) is 0. The summed E-state index contributed by atoms with van der Waals surface area (Å²) in [5.41, 5.74) is 3.62. The molecule has 0 atom stereocenters. The molecule has 2 N–H and O–H groups in total. The van der Waals surface area contributed by atoms with Crippen LogP contribution >= 0.6 is 0 Å². The lowest BCUT2D eigenvalue weighted by molar-refractivity contribution is -0.120. The monoisotopic (exact) mass is 441 g/mol. The van der Waals surface area contributed by atoms with Crippen LogP contribution in [0.1, 0.15) is 18.1 Å². The lowest BCUT2D eigenvalue weighted by atomic mass is 10.0. The molecule has 0 radical (unpaired) electrons. The predicted molar refractivity (Wildman–Crippen MR) is 128 cm³/mol. The maximum Gasteiger partial charge on any atom is 0.282 e. The molecule has 7 nitrogen and oxygen atoms in total. The van der Waals surface area contributed by atoms with E-state index in [9.17, 15) is 14.4 Å². The molecule has 3 aromatic rings. The fourth-order valence-electron chi connectivity index (χ4n) is 3.68.